The summed E-state index contributed by atoms with van der Waals surface area (Å²) in [5, 5.41) is 4.54. The lowest BCUT2D eigenvalue weighted by atomic mass is 9.44. The van der Waals surface area contributed by atoms with E-state index in [2.05, 4.69) is 48.5 Å². The van der Waals surface area contributed by atoms with Crippen LogP contribution in [-0.2, 0) is 11.2 Å². The van der Waals surface area contributed by atoms with Crippen molar-refractivity contribution >= 4 is 16.8 Å². The number of aromatic nitrogens is 1. The lowest BCUT2D eigenvalue weighted by Gasteiger charge is -2.60. The fraction of sp³-hybridized carbons (Fsp3) is 0.500. The summed E-state index contributed by atoms with van der Waals surface area (Å²) >= 11 is 0. The molecule has 2 aromatic rings. The van der Waals surface area contributed by atoms with E-state index < -0.39 is 0 Å². The maximum Gasteiger partial charge on any atom is 0.226 e. The van der Waals surface area contributed by atoms with Crippen molar-refractivity contribution in [3.63, 3.8) is 0 Å². The van der Waals surface area contributed by atoms with Gasteiger partial charge in [-0.1, -0.05) is 18.2 Å². The Bertz CT molecular complexity index is 696. The Hall–Kier alpha value is -1.77. The molecule has 0 saturated heterocycles. The molecule has 3 fully saturated rings. The summed E-state index contributed by atoms with van der Waals surface area (Å²) in [7, 11) is 0. The molecule has 3 aliphatic rings. The molecule has 2 bridgehead atoms. The number of aromatic amines is 1. The van der Waals surface area contributed by atoms with Crippen molar-refractivity contribution in [2.75, 3.05) is 0 Å². The predicted octanol–water partition coefficient (Wildman–Crippen LogP) is 3.41. The molecule has 3 aliphatic carbocycles. The molecule has 3 heteroatoms. The number of carbonyl (C=O) groups is 1. The Morgan fingerprint density at radius 2 is 2.05 bits per heavy atom. The van der Waals surface area contributed by atoms with Crippen LogP contribution in [0.3, 0.4) is 0 Å². The number of fused-ring (bicyclic) bond motifs is 1. The number of benzene rings is 1. The molecule has 0 atom stereocenters. The number of rotatable bonds is 4. The zero-order valence-corrected chi connectivity index (χ0v) is 12.7. The van der Waals surface area contributed by atoms with Gasteiger partial charge in [-0.3, -0.25) is 4.79 Å². The number of hydrogen-bond acceptors (Lipinski definition) is 1. The van der Waals surface area contributed by atoms with E-state index in [0.29, 0.717) is 0 Å². The van der Waals surface area contributed by atoms with Gasteiger partial charge in [-0.25, -0.2) is 0 Å². The van der Waals surface area contributed by atoms with Crippen molar-refractivity contribution in [3.8, 4) is 0 Å². The van der Waals surface area contributed by atoms with Gasteiger partial charge in [0, 0.05) is 28.1 Å². The summed E-state index contributed by atoms with van der Waals surface area (Å²) in [5.41, 5.74) is 2.22. The summed E-state index contributed by atoms with van der Waals surface area (Å²) in [6.07, 6.45) is 6.26. The standard InChI is InChI=1S/C18H22N2O/c1-17(2,20-16(21)18-7-12(8-18)9-18)10-13-11-19-15-6-4-3-5-14(13)15/h3-6,11-12,19H,7-10H2,1-2H3,(H,20,21). The first-order valence-corrected chi connectivity index (χ1v) is 7.85. The summed E-state index contributed by atoms with van der Waals surface area (Å²) in [6, 6.07) is 8.33. The smallest absolute Gasteiger partial charge is 0.226 e. The highest BCUT2D eigenvalue weighted by atomic mass is 16.2. The monoisotopic (exact) mass is 282 g/mol. The maximum atomic E-state index is 12.5. The van der Waals surface area contributed by atoms with E-state index in [1.54, 1.807) is 0 Å². The Kier molecular flexibility index (Phi) is 2.54. The van der Waals surface area contributed by atoms with Crippen molar-refractivity contribution in [3.05, 3.63) is 36.0 Å². The molecule has 0 unspecified atom stereocenters. The molecule has 0 radical (unpaired) electrons. The van der Waals surface area contributed by atoms with Gasteiger partial charge >= 0.3 is 0 Å². The Labute approximate surface area is 125 Å². The fourth-order valence-corrected chi connectivity index (χ4v) is 3.99. The van der Waals surface area contributed by atoms with Crippen molar-refractivity contribution in [1.82, 2.24) is 10.3 Å². The number of carbonyl (C=O) groups excluding carboxylic acids is 1. The second kappa shape index (κ2) is 4.12. The van der Waals surface area contributed by atoms with E-state index in [9.17, 15) is 4.79 Å². The summed E-state index contributed by atoms with van der Waals surface area (Å²) in [4.78, 5) is 15.8. The Morgan fingerprint density at radius 3 is 2.71 bits per heavy atom. The van der Waals surface area contributed by atoms with Gasteiger partial charge in [-0.2, -0.15) is 0 Å². The Balaban J connectivity index is 1.50. The fourth-order valence-electron chi connectivity index (χ4n) is 3.99. The number of hydrogen-bond donors (Lipinski definition) is 2. The van der Waals surface area contributed by atoms with Crippen LogP contribution >= 0.6 is 0 Å². The zero-order chi connectivity index (χ0) is 14.7. The molecule has 1 aromatic heterocycles. The largest absolute Gasteiger partial charge is 0.361 e. The first-order valence-electron chi connectivity index (χ1n) is 7.85. The lowest BCUT2D eigenvalue weighted by molar-refractivity contribution is -0.166. The van der Waals surface area contributed by atoms with Gasteiger partial charge in [0.25, 0.3) is 0 Å². The highest BCUT2D eigenvalue weighted by molar-refractivity contribution is 5.87. The van der Waals surface area contributed by atoms with E-state index >= 15 is 0 Å². The quantitative estimate of drug-likeness (QED) is 0.887. The number of nitrogens with one attached hydrogen (secondary N) is 2. The van der Waals surface area contributed by atoms with E-state index in [1.807, 2.05) is 6.07 Å². The summed E-state index contributed by atoms with van der Waals surface area (Å²) < 4.78 is 0. The first-order chi connectivity index (χ1) is 9.97. The van der Waals surface area contributed by atoms with E-state index in [4.69, 9.17) is 0 Å². The van der Waals surface area contributed by atoms with Gasteiger partial charge < -0.3 is 10.3 Å². The van der Waals surface area contributed by atoms with Gasteiger partial charge in [0.15, 0.2) is 0 Å². The van der Waals surface area contributed by atoms with Crippen molar-refractivity contribution < 1.29 is 4.79 Å². The third kappa shape index (κ3) is 1.98. The van der Waals surface area contributed by atoms with Gasteiger partial charge in [0.2, 0.25) is 5.91 Å². The van der Waals surface area contributed by atoms with E-state index in [0.717, 1.165) is 37.1 Å². The molecule has 1 amide bonds. The molecule has 3 nitrogen and oxygen atoms in total. The highest BCUT2D eigenvalue weighted by Gasteiger charge is 2.61. The molecule has 110 valence electrons. The molecular formula is C18H22N2O. The first kappa shape index (κ1) is 12.9. The number of H-pyrrole nitrogens is 1. The van der Waals surface area contributed by atoms with Crippen molar-refractivity contribution in [2.45, 2.75) is 45.1 Å². The number of para-hydroxylation sites is 1. The minimum Gasteiger partial charge on any atom is -0.361 e. The molecule has 5 rings (SSSR count). The van der Waals surface area contributed by atoms with Crippen LogP contribution in [0.2, 0.25) is 0 Å². The van der Waals surface area contributed by atoms with Crippen LogP contribution in [0.1, 0.15) is 38.7 Å². The molecule has 1 heterocycles. The van der Waals surface area contributed by atoms with Crippen molar-refractivity contribution in [1.29, 1.82) is 0 Å². The lowest BCUT2D eigenvalue weighted by Crippen LogP contribution is -2.63. The number of amides is 1. The molecule has 21 heavy (non-hydrogen) atoms. The second-order valence-corrected chi connectivity index (χ2v) is 7.63. The van der Waals surface area contributed by atoms with Crippen LogP contribution in [0.25, 0.3) is 10.9 Å². The molecule has 2 N–H and O–H groups in total. The maximum absolute atomic E-state index is 12.5. The van der Waals surface area contributed by atoms with Crippen LogP contribution in [0.5, 0.6) is 0 Å². The average Bonchev–Trinajstić information content (AvgIpc) is 2.67. The predicted molar refractivity (Wildman–Crippen MR) is 84.0 cm³/mol. The average molecular weight is 282 g/mol. The van der Waals surface area contributed by atoms with Crippen LogP contribution < -0.4 is 5.32 Å². The van der Waals surface area contributed by atoms with Gasteiger partial charge in [0.05, 0.1) is 0 Å². The highest BCUT2D eigenvalue weighted by Crippen LogP contribution is 2.64. The van der Waals surface area contributed by atoms with E-state index in [1.165, 1.54) is 10.9 Å². The third-order valence-electron chi connectivity index (χ3n) is 5.28. The SMILES string of the molecule is CC(C)(Cc1c[nH]c2ccccc12)NC(=O)C12CC(C1)C2. The molecule has 0 aliphatic heterocycles. The topological polar surface area (TPSA) is 44.9 Å². The van der Waals surface area contributed by atoms with Crippen LogP contribution in [0.15, 0.2) is 30.5 Å². The Morgan fingerprint density at radius 1 is 1.33 bits per heavy atom. The summed E-state index contributed by atoms with van der Waals surface area (Å²) in [6.45, 7) is 4.25. The minimum absolute atomic E-state index is 0.00213. The molecule has 3 saturated carbocycles. The molecule has 0 spiro atoms. The van der Waals surface area contributed by atoms with Crippen LogP contribution in [-0.4, -0.2) is 16.4 Å². The van der Waals surface area contributed by atoms with Gasteiger partial charge in [0.1, 0.15) is 0 Å². The minimum atomic E-state index is -0.211. The van der Waals surface area contributed by atoms with Crippen molar-refractivity contribution in [2.24, 2.45) is 11.3 Å². The van der Waals surface area contributed by atoms with Gasteiger partial charge in [-0.15, -0.1) is 0 Å². The van der Waals surface area contributed by atoms with Crippen LogP contribution in [0.4, 0.5) is 0 Å². The second-order valence-electron chi connectivity index (χ2n) is 7.63. The third-order valence-corrected chi connectivity index (χ3v) is 5.28. The van der Waals surface area contributed by atoms with E-state index in [-0.39, 0.29) is 16.9 Å². The molecular weight excluding hydrogens is 260 g/mol. The zero-order valence-electron chi connectivity index (χ0n) is 12.7. The summed E-state index contributed by atoms with van der Waals surface area (Å²) in [5.74, 6) is 1.11. The molecule has 1 aromatic carbocycles. The normalized spacial score (nSPS) is 27.0. The van der Waals surface area contributed by atoms with Crippen LogP contribution in [0, 0.1) is 11.3 Å². The van der Waals surface area contributed by atoms with Gasteiger partial charge in [-0.05, 0) is 57.1 Å².